The van der Waals surface area contributed by atoms with Crippen molar-refractivity contribution in [2.45, 2.75) is 26.7 Å². The Morgan fingerprint density at radius 1 is 0.927 bits per heavy atom. The highest BCUT2D eigenvalue weighted by Gasteiger charge is 2.30. The molecule has 0 atom stereocenters. The first-order chi connectivity index (χ1) is 19.9. The lowest BCUT2D eigenvalue weighted by Gasteiger charge is -2.22. The van der Waals surface area contributed by atoms with Gasteiger partial charge in [0.2, 0.25) is 0 Å². The number of ether oxygens (including phenoxy) is 3. The number of aliphatic imine (C=N–C) groups is 2. The van der Waals surface area contributed by atoms with Crippen LogP contribution in [-0.2, 0) is 4.79 Å². The molecule has 2 aromatic rings. The van der Waals surface area contributed by atoms with Crippen molar-refractivity contribution in [2.75, 3.05) is 59.9 Å². The number of rotatable bonds is 9. The normalized spacial score (nSPS) is 17.0. The number of nitrogens with zero attached hydrogens (tertiary/aromatic N) is 3. The summed E-state index contributed by atoms with van der Waals surface area (Å²) in [6.45, 7) is 7.84. The predicted octanol–water partition coefficient (Wildman–Crippen LogP) is 6.62. The zero-order valence-electron chi connectivity index (χ0n) is 24.5. The Morgan fingerprint density at radius 3 is 2.05 bits per heavy atom. The third-order valence-corrected chi connectivity index (χ3v) is 7.42. The summed E-state index contributed by atoms with van der Waals surface area (Å²) in [6.07, 6.45) is 5.94. The maximum Gasteiger partial charge on any atom is 0.257 e. The standard InChI is InChI=1S/C29H32Cl2N4O4.C2H6/c1-32-27-20(24-25(30)22(37-3)17-23(38-4)26(24)31)11-12-21(28(27)33-2)29(36)34-18-7-9-19(10-8-18)39-16-15-35-13-5-6-14-35;1-2/h7-12,17H,5-6,13-16H2,1-4H3,(H,34,36);1-2H3. The number of hydrogen-bond acceptors (Lipinski definition) is 7. The number of carbonyl (C=O) groups excluding carboxylic acids is 1. The molecule has 0 spiro atoms. The van der Waals surface area contributed by atoms with Crippen LogP contribution in [0.15, 0.2) is 58.0 Å². The minimum absolute atomic E-state index is 0.301. The van der Waals surface area contributed by atoms with E-state index < -0.39 is 0 Å². The Hall–Kier alpha value is -3.33. The minimum Gasteiger partial charge on any atom is -0.495 e. The lowest BCUT2D eigenvalue weighted by Crippen LogP contribution is -2.29. The van der Waals surface area contributed by atoms with Crippen LogP contribution in [0.3, 0.4) is 0 Å². The molecule has 1 N–H and O–H groups in total. The van der Waals surface area contributed by atoms with Gasteiger partial charge in [0.05, 0.1) is 41.3 Å². The highest BCUT2D eigenvalue weighted by molar-refractivity contribution is 6.67. The molecule has 1 saturated heterocycles. The molecule has 2 aromatic carbocycles. The minimum atomic E-state index is -0.324. The Bertz CT molecular complexity index is 1320. The fraction of sp³-hybridized carbons (Fsp3) is 0.387. The van der Waals surface area contributed by atoms with Crippen molar-refractivity contribution in [2.24, 2.45) is 9.98 Å². The van der Waals surface area contributed by atoms with Crippen molar-refractivity contribution >= 4 is 51.8 Å². The Kier molecular flexibility index (Phi) is 12.3. The van der Waals surface area contributed by atoms with Gasteiger partial charge in [-0.25, -0.2) is 0 Å². The number of likely N-dealkylation sites (tertiary alicyclic amines) is 1. The molecule has 8 nitrogen and oxygen atoms in total. The number of methoxy groups -OCH3 is 2. The van der Waals surface area contributed by atoms with E-state index in [0.29, 0.717) is 62.0 Å². The first kappa shape index (κ1) is 32.2. The maximum atomic E-state index is 13.3. The number of benzene rings is 2. The second kappa shape index (κ2) is 15.6. The van der Waals surface area contributed by atoms with Crippen LogP contribution in [0.4, 0.5) is 5.69 Å². The molecule has 2 aliphatic rings. The second-order valence-electron chi connectivity index (χ2n) is 8.96. The van der Waals surface area contributed by atoms with E-state index in [1.807, 2.05) is 38.1 Å². The molecule has 0 aromatic heterocycles. The number of anilines is 1. The van der Waals surface area contributed by atoms with E-state index in [-0.39, 0.29) is 5.91 Å². The summed E-state index contributed by atoms with van der Waals surface area (Å²) in [6, 6.07) is 8.94. The lowest BCUT2D eigenvalue weighted by molar-refractivity contribution is -0.112. The molecule has 1 heterocycles. The first-order valence-electron chi connectivity index (χ1n) is 13.6. The molecule has 0 unspecified atom stereocenters. The molecule has 0 saturated carbocycles. The van der Waals surface area contributed by atoms with Crippen LogP contribution < -0.4 is 19.5 Å². The van der Waals surface area contributed by atoms with Crippen molar-refractivity contribution < 1.29 is 19.0 Å². The van der Waals surface area contributed by atoms with Crippen LogP contribution in [0, 0.1) is 0 Å². The van der Waals surface area contributed by atoms with Gasteiger partial charge >= 0.3 is 0 Å². The molecule has 4 rings (SSSR count). The van der Waals surface area contributed by atoms with Gasteiger partial charge in [-0.15, -0.1) is 0 Å². The summed E-state index contributed by atoms with van der Waals surface area (Å²) < 4.78 is 16.7. The van der Waals surface area contributed by atoms with Crippen molar-refractivity contribution in [3.8, 4) is 17.2 Å². The molecule has 1 aliphatic heterocycles. The molecule has 0 bridgehead atoms. The summed E-state index contributed by atoms with van der Waals surface area (Å²) in [5.41, 5.74) is 2.94. The Morgan fingerprint density at radius 2 is 1.51 bits per heavy atom. The van der Waals surface area contributed by atoms with E-state index in [1.165, 1.54) is 27.1 Å². The highest BCUT2D eigenvalue weighted by atomic mass is 35.5. The first-order valence-corrected chi connectivity index (χ1v) is 14.4. The van der Waals surface area contributed by atoms with Crippen molar-refractivity contribution in [3.63, 3.8) is 0 Å². The van der Waals surface area contributed by atoms with Crippen molar-refractivity contribution in [1.29, 1.82) is 0 Å². The van der Waals surface area contributed by atoms with E-state index in [1.54, 1.807) is 32.3 Å². The third kappa shape index (κ3) is 7.50. The van der Waals surface area contributed by atoms with Crippen LogP contribution in [0.5, 0.6) is 17.2 Å². The average molecular weight is 602 g/mol. The van der Waals surface area contributed by atoms with Gasteiger partial charge in [-0.05, 0) is 56.3 Å². The van der Waals surface area contributed by atoms with Gasteiger partial charge in [0.25, 0.3) is 5.91 Å². The van der Waals surface area contributed by atoms with E-state index >= 15 is 0 Å². The third-order valence-electron chi connectivity index (χ3n) is 6.67. The van der Waals surface area contributed by atoms with Gasteiger partial charge in [0.1, 0.15) is 23.9 Å². The van der Waals surface area contributed by atoms with Crippen LogP contribution in [0.2, 0.25) is 10.0 Å². The molecule has 1 amide bonds. The predicted molar refractivity (Wildman–Crippen MR) is 170 cm³/mol. The Balaban J connectivity index is 0.00000226. The summed E-state index contributed by atoms with van der Waals surface area (Å²) in [4.78, 5) is 24.5. The summed E-state index contributed by atoms with van der Waals surface area (Å²) >= 11 is 13.3. The van der Waals surface area contributed by atoms with Gasteiger partial charge in [-0.1, -0.05) is 43.1 Å². The van der Waals surface area contributed by atoms with Gasteiger partial charge in [-0.3, -0.25) is 19.7 Å². The molecular formula is C31H38Cl2N4O4. The van der Waals surface area contributed by atoms with Gasteiger partial charge < -0.3 is 19.5 Å². The van der Waals surface area contributed by atoms with E-state index in [9.17, 15) is 4.79 Å². The highest BCUT2D eigenvalue weighted by Crippen LogP contribution is 2.45. The van der Waals surface area contributed by atoms with Crippen molar-refractivity contribution in [1.82, 2.24) is 4.90 Å². The number of amides is 1. The smallest absolute Gasteiger partial charge is 0.257 e. The fourth-order valence-corrected chi connectivity index (χ4v) is 5.38. The van der Waals surface area contributed by atoms with Crippen molar-refractivity contribution in [3.05, 3.63) is 63.7 Å². The average Bonchev–Trinajstić information content (AvgIpc) is 3.52. The quantitative estimate of drug-likeness (QED) is 0.327. The number of nitrogens with one attached hydrogen (secondary N) is 1. The molecule has 10 heteroatoms. The largest absolute Gasteiger partial charge is 0.495 e. The molecule has 1 aliphatic carbocycles. The van der Waals surface area contributed by atoms with Gasteiger partial charge in [0.15, 0.2) is 0 Å². The topological polar surface area (TPSA) is 84.8 Å². The zero-order valence-corrected chi connectivity index (χ0v) is 26.0. The van der Waals surface area contributed by atoms with Crippen LogP contribution >= 0.6 is 23.2 Å². The second-order valence-corrected chi connectivity index (χ2v) is 9.72. The lowest BCUT2D eigenvalue weighted by atomic mass is 9.88. The maximum absolute atomic E-state index is 13.3. The van der Waals surface area contributed by atoms with Gasteiger partial charge in [0, 0.05) is 43.5 Å². The summed E-state index contributed by atoms with van der Waals surface area (Å²) in [5.74, 6) is 1.23. The summed E-state index contributed by atoms with van der Waals surface area (Å²) in [5, 5.41) is 3.54. The number of carbonyl (C=O) groups is 1. The number of hydrogen-bond donors (Lipinski definition) is 1. The zero-order chi connectivity index (χ0) is 29.9. The molecule has 41 heavy (non-hydrogen) atoms. The monoisotopic (exact) mass is 600 g/mol. The van der Waals surface area contributed by atoms with E-state index in [4.69, 9.17) is 37.4 Å². The number of halogens is 2. The van der Waals surface area contributed by atoms with Gasteiger partial charge in [-0.2, -0.15) is 0 Å². The molecule has 0 radical (unpaired) electrons. The van der Waals surface area contributed by atoms with E-state index in [0.717, 1.165) is 25.4 Å². The van der Waals surface area contributed by atoms with Crippen LogP contribution in [0.25, 0.3) is 5.57 Å². The summed E-state index contributed by atoms with van der Waals surface area (Å²) in [7, 11) is 6.25. The molecule has 1 fully saturated rings. The van der Waals surface area contributed by atoms with E-state index in [2.05, 4.69) is 20.2 Å². The molecule has 220 valence electrons. The molecular weight excluding hydrogens is 563 g/mol. The fourth-order valence-electron chi connectivity index (χ4n) is 4.67. The number of allylic oxidation sites excluding steroid dienone is 3. The Labute approximate surface area is 252 Å². The SMILES string of the molecule is CC.CN=C1C(C(=O)Nc2ccc(OCCN3CCCC3)cc2)=CC=C(c2c(Cl)c(OC)cc(OC)c2Cl)C1=NC. The van der Waals surface area contributed by atoms with Crippen LogP contribution in [-0.4, -0.2) is 76.8 Å². The van der Waals surface area contributed by atoms with Crippen LogP contribution in [0.1, 0.15) is 32.3 Å².